The third-order valence-corrected chi connectivity index (χ3v) is 2.24. The Hall–Kier alpha value is -1.18. The molecule has 0 bridgehead atoms. The summed E-state index contributed by atoms with van der Waals surface area (Å²) in [5.41, 5.74) is 9.38. The highest BCUT2D eigenvalue weighted by Gasteiger charge is 2.14. The predicted molar refractivity (Wildman–Crippen MR) is 68.3 cm³/mol. The van der Waals surface area contributed by atoms with Gasteiger partial charge in [0.25, 0.3) is 0 Å². The van der Waals surface area contributed by atoms with Gasteiger partial charge in [0.15, 0.2) is 0 Å². The van der Waals surface area contributed by atoms with E-state index in [0.717, 1.165) is 12.2 Å². The van der Waals surface area contributed by atoms with Crippen LogP contribution < -0.4 is 10.6 Å². The first-order valence-electron chi connectivity index (χ1n) is 5.36. The predicted octanol–water partition coefficient (Wildman–Crippen LogP) is 3.06. The van der Waals surface area contributed by atoms with Crippen molar-refractivity contribution in [3.63, 3.8) is 0 Å². The van der Waals surface area contributed by atoms with Crippen LogP contribution >= 0.6 is 0 Å². The summed E-state index contributed by atoms with van der Waals surface area (Å²) in [6.45, 7) is 9.81. The number of rotatable bonds is 2. The molecular weight excluding hydrogens is 184 g/mol. The van der Waals surface area contributed by atoms with Crippen molar-refractivity contribution in [2.75, 3.05) is 24.2 Å². The Morgan fingerprint density at radius 1 is 1.20 bits per heavy atom. The standard InChI is InChI=1S/C13H22N2/c1-10-6-11(14)8-12(7-10)15(5)9-13(2,3)4/h6-8H,9,14H2,1-5H3. The fraction of sp³-hybridized carbons (Fsp3) is 0.538. The van der Waals surface area contributed by atoms with Gasteiger partial charge in [-0.3, -0.25) is 0 Å². The average Bonchev–Trinajstić information content (AvgIpc) is 1.98. The van der Waals surface area contributed by atoms with E-state index in [1.807, 2.05) is 12.1 Å². The topological polar surface area (TPSA) is 29.3 Å². The molecule has 0 atom stereocenters. The zero-order valence-electron chi connectivity index (χ0n) is 10.5. The molecule has 0 amide bonds. The van der Waals surface area contributed by atoms with E-state index in [1.54, 1.807) is 0 Å². The van der Waals surface area contributed by atoms with E-state index < -0.39 is 0 Å². The first-order valence-corrected chi connectivity index (χ1v) is 5.36. The minimum Gasteiger partial charge on any atom is -0.399 e. The monoisotopic (exact) mass is 206 g/mol. The Morgan fingerprint density at radius 3 is 2.27 bits per heavy atom. The molecule has 15 heavy (non-hydrogen) atoms. The molecule has 0 aliphatic rings. The summed E-state index contributed by atoms with van der Waals surface area (Å²) in [6.07, 6.45) is 0. The van der Waals surface area contributed by atoms with E-state index in [-0.39, 0.29) is 0 Å². The van der Waals surface area contributed by atoms with Gasteiger partial charge in [-0.05, 0) is 36.1 Å². The Kier molecular flexibility index (Phi) is 3.28. The molecule has 0 unspecified atom stereocenters. The van der Waals surface area contributed by atoms with Gasteiger partial charge in [-0.2, -0.15) is 0 Å². The number of anilines is 2. The molecule has 0 heterocycles. The average molecular weight is 206 g/mol. The van der Waals surface area contributed by atoms with Crippen LogP contribution in [-0.2, 0) is 0 Å². The fourth-order valence-corrected chi connectivity index (χ4v) is 1.82. The molecule has 0 fully saturated rings. The van der Waals surface area contributed by atoms with Crippen molar-refractivity contribution >= 4 is 11.4 Å². The lowest BCUT2D eigenvalue weighted by atomic mass is 9.96. The third kappa shape index (κ3) is 3.82. The highest BCUT2D eigenvalue weighted by Crippen LogP contribution is 2.23. The van der Waals surface area contributed by atoms with Crippen molar-refractivity contribution in [2.24, 2.45) is 5.41 Å². The molecule has 0 aromatic heterocycles. The van der Waals surface area contributed by atoms with Gasteiger partial charge in [-0.1, -0.05) is 20.8 Å². The van der Waals surface area contributed by atoms with Crippen LogP contribution in [0.2, 0.25) is 0 Å². The van der Waals surface area contributed by atoms with Gasteiger partial charge in [-0.15, -0.1) is 0 Å². The molecule has 2 heteroatoms. The molecule has 0 spiro atoms. The van der Waals surface area contributed by atoms with Gasteiger partial charge in [-0.25, -0.2) is 0 Å². The van der Waals surface area contributed by atoms with Crippen LogP contribution in [0.25, 0.3) is 0 Å². The lowest BCUT2D eigenvalue weighted by molar-refractivity contribution is 0.419. The molecule has 0 aliphatic heterocycles. The number of aryl methyl sites for hydroxylation is 1. The minimum atomic E-state index is 0.299. The van der Waals surface area contributed by atoms with Crippen LogP contribution in [0, 0.1) is 12.3 Å². The van der Waals surface area contributed by atoms with Crippen LogP contribution in [0.1, 0.15) is 26.3 Å². The second kappa shape index (κ2) is 4.13. The van der Waals surface area contributed by atoms with Gasteiger partial charge in [0.1, 0.15) is 0 Å². The zero-order chi connectivity index (χ0) is 11.6. The smallest absolute Gasteiger partial charge is 0.0387 e. The maximum Gasteiger partial charge on any atom is 0.0387 e. The number of nitrogens with zero attached hydrogens (tertiary/aromatic N) is 1. The van der Waals surface area contributed by atoms with E-state index in [1.165, 1.54) is 11.3 Å². The Labute approximate surface area is 93.1 Å². The Morgan fingerprint density at radius 2 is 1.80 bits per heavy atom. The number of hydrogen-bond acceptors (Lipinski definition) is 2. The molecule has 0 saturated heterocycles. The first-order chi connectivity index (χ1) is 6.78. The van der Waals surface area contributed by atoms with Crippen LogP contribution in [0.4, 0.5) is 11.4 Å². The van der Waals surface area contributed by atoms with Gasteiger partial charge < -0.3 is 10.6 Å². The van der Waals surface area contributed by atoms with Gasteiger partial charge >= 0.3 is 0 Å². The van der Waals surface area contributed by atoms with Gasteiger partial charge in [0.05, 0.1) is 0 Å². The summed E-state index contributed by atoms with van der Waals surface area (Å²) in [6, 6.07) is 6.19. The largest absolute Gasteiger partial charge is 0.399 e. The quantitative estimate of drug-likeness (QED) is 0.754. The Balaban J connectivity index is 2.86. The van der Waals surface area contributed by atoms with E-state index in [9.17, 15) is 0 Å². The van der Waals surface area contributed by atoms with Crippen molar-refractivity contribution in [2.45, 2.75) is 27.7 Å². The normalized spacial score (nSPS) is 11.5. The second-order valence-electron chi connectivity index (χ2n) is 5.52. The molecular formula is C13H22N2. The number of nitrogen functional groups attached to an aromatic ring is 1. The zero-order valence-corrected chi connectivity index (χ0v) is 10.5. The maximum absolute atomic E-state index is 5.83. The van der Waals surface area contributed by atoms with Crippen molar-refractivity contribution in [1.82, 2.24) is 0 Å². The van der Waals surface area contributed by atoms with Crippen molar-refractivity contribution in [3.05, 3.63) is 23.8 Å². The highest BCUT2D eigenvalue weighted by molar-refractivity contribution is 5.58. The second-order valence-corrected chi connectivity index (χ2v) is 5.52. The summed E-state index contributed by atoms with van der Waals surface area (Å²) in [4.78, 5) is 2.25. The third-order valence-electron chi connectivity index (χ3n) is 2.24. The lowest BCUT2D eigenvalue weighted by Gasteiger charge is -2.28. The van der Waals surface area contributed by atoms with E-state index in [4.69, 9.17) is 5.73 Å². The molecule has 1 aromatic rings. The van der Waals surface area contributed by atoms with Crippen molar-refractivity contribution < 1.29 is 0 Å². The number of benzene rings is 1. The molecule has 0 aliphatic carbocycles. The first kappa shape index (κ1) is 11.9. The van der Waals surface area contributed by atoms with E-state index in [2.05, 4.69) is 45.7 Å². The summed E-state index contributed by atoms with van der Waals surface area (Å²) >= 11 is 0. The van der Waals surface area contributed by atoms with E-state index in [0.29, 0.717) is 5.41 Å². The molecule has 2 N–H and O–H groups in total. The van der Waals surface area contributed by atoms with Crippen molar-refractivity contribution in [3.8, 4) is 0 Å². The molecule has 2 nitrogen and oxygen atoms in total. The van der Waals surface area contributed by atoms with Crippen molar-refractivity contribution in [1.29, 1.82) is 0 Å². The fourth-order valence-electron chi connectivity index (χ4n) is 1.82. The molecule has 1 aromatic carbocycles. The van der Waals surface area contributed by atoms with Crippen LogP contribution in [0.3, 0.4) is 0 Å². The van der Waals surface area contributed by atoms with Crippen LogP contribution in [0.15, 0.2) is 18.2 Å². The van der Waals surface area contributed by atoms with Crippen LogP contribution in [-0.4, -0.2) is 13.6 Å². The minimum absolute atomic E-state index is 0.299. The summed E-state index contributed by atoms with van der Waals surface area (Å²) < 4.78 is 0. The summed E-state index contributed by atoms with van der Waals surface area (Å²) in [5, 5.41) is 0. The summed E-state index contributed by atoms with van der Waals surface area (Å²) in [7, 11) is 2.11. The van der Waals surface area contributed by atoms with Crippen LogP contribution in [0.5, 0.6) is 0 Å². The maximum atomic E-state index is 5.83. The molecule has 84 valence electrons. The number of nitrogens with two attached hydrogens (primary N) is 1. The highest BCUT2D eigenvalue weighted by atomic mass is 15.1. The van der Waals surface area contributed by atoms with Gasteiger partial charge in [0, 0.05) is 25.0 Å². The molecule has 0 radical (unpaired) electrons. The molecule has 0 saturated carbocycles. The lowest BCUT2D eigenvalue weighted by Crippen LogP contribution is -2.29. The Bertz CT molecular complexity index is 317. The number of hydrogen-bond donors (Lipinski definition) is 1. The van der Waals surface area contributed by atoms with Gasteiger partial charge in [0.2, 0.25) is 0 Å². The molecule has 1 rings (SSSR count). The van der Waals surface area contributed by atoms with E-state index >= 15 is 0 Å². The summed E-state index contributed by atoms with van der Waals surface area (Å²) in [5.74, 6) is 0. The SMILES string of the molecule is Cc1cc(N)cc(N(C)CC(C)(C)C)c1.